The molecule has 0 spiro atoms. The first-order valence-electron chi connectivity index (χ1n) is 16.0. The number of ketones is 1. The number of fused-ring (bicyclic) bond motifs is 1. The first kappa shape index (κ1) is 11.9. The summed E-state index contributed by atoms with van der Waals surface area (Å²) in [5.41, 5.74) is -2.78. The number of pyridine rings is 1. The molecule has 3 aromatic rings. The maximum Gasteiger partial charge on any atom is 0.159 e. The van der Waals surface area contributed by atoms with E-state index in [2.05, 4.69) is 10.3 Å². The normalized spacial score (nSPS) is 18.2. The molecule has 1 heterocycles. The van der Waals surface area contributed by atoms with Crippen molar-refractivity contribution in [3.8, 4) is 11.8 Å². The summed E-state index contributed by atoms with van der Waals surface area (Å²) in [6, 6.07) is -3.62. The highest BCUT2D eigenvalue weighted by Crippen LogP contribution is 2.34. The van der Waals surface area contributed by atoms with Gasteiger partial charge in [0.15, 0.2) is 5.78 Å². The van der Waals surface area contributed by atoms with Crippen LogP contribution in [0.2, 0.25) is 0 Å². The number of nitrogens with one attached hydrogen (secondary N) is 1. The first-order chi connectivity index (χ1) is 21.0. The van der Waals surface area contributed by atoms with Gasteiger partial charge in [0.05, 0.1) is 37.0 Å². The molecule has 1 aromatic heterocycles. The van der Waals surface area contributed by atoms with Crippen LogP contribution in [0, 0.1) is 24.1 Å². The summed E-state index contributed by atoms with van der Waals surface area (Å²) >= 11 is 0. The lowest BCUT2D eigenvalue weighted by Gasteiger charge is -2.15. The summed E-state index contributed by atoms with van der Waals surface area (Å²) in [6.07, 6.45) is -1.68. The van der Waals surface area contributed by atoms with Crippen molar-refractivity contribution in [2.75, 3.05) is 32.4 Å². The van der Waals surface area contributed by atoms with Crippen molar-refractivity contribution in [1.82, 2.24) is 9.88 Å². The van der Waals surface area contributed by atoms with Gasteiger partial charge in [0.25, 0.3) is 0 Å². The van der Waals surface area contributed by atoms with Crippen molar-refractivity contribution in [2.24, 2.45) is 0 Å². The molecule has 0 amide bonds. The monoisotopic (exact) mass is 459 g/mol. The summed E-state index contributed by atoms with van der Waals surface area (Å²) in [6.45, 7) is -3.61. The minimum absolute atomic E-state index is 0.323. The van der Waals surface area contributed by atoms with Gasteiger partial charge in [0.1, 0.15) is 17.6 Å². The average Bonchev–Trinajstić information content (AvgIpc) is 2.95. The number of hydrogen-bond donors (Lipinski definition) is 1. The largest absolute Gasteiger partial charge is 0.494 e. The highest BCUT2D eigenvalue weighted by molar-refractivity contribution is 5.98. The van der Waals surface area contributed by atoms with Gasteiger partial charge in [0.2, 0.25) is 0 Å². The van der Waals surface area contributed by atoms with Gasteiger partial charge in [-0.3, -0.25) is 9.78 Å². The van der Waals surface area contributed by atoms with Gasteiger partial charge in [-0.1, -0.05) is 6.05 Å². The number of benzene rings is 2. The Balaban J connectivity index is 2.39. The number of anilines is 2. The van der Waals surface area contributed by atoms with Gasteiger partial charge in [-0.25, -0.2) is 4.39 Å². The number of aromatic nitrogens is 1. The van der Waals surface area contributed by atoms with Crippen LogP contribution in [0.25, 0.3) is 10.9 Å². The van der Waals surface area contributed by atoms with E-state index >= 15 is 0 Å². The molecular formula is C26H27FN4O2. The van der Waals surface area contributed by atoms with Crippen LogP contribution in [-0.4, -0.2) is 42.8 Å². The number of allylic oxidation sites excluding steroid dienone is 1. The molecule has 0 aliphatic rings. The minimum Gasteiger partial charge on any atom is -0.494 e. The Bertz CT molecular complexity index is 1800. The fourth-order valence-electron chi connectivity index (χ4n) is 2.72. The second-order valence-electron chi connectivity index (χ2n) is 6.74. The minimum atomic E-state index is -2.64. The van der Waals surface area contributed by atoms with E-state index in [0.29, 0.717) is 0 Å². The smallest absolute Gasteiger partial charge is 0.159 e. The number of halogens is 1. The lowest BCUT2D eigenvalue weighted by atomic mass is 10.0. The van der Waals surface area contributed by atoms with E-state index in [1.165, 1.54) is 6.92 Å². The van der Waals surface area contributed by atoms with Crippen molar-refractivity contribution in [3.05, 3.63) is 71.0 Å². The maximum absolute atomic E-state index is 14.4. The van der Waals surface area contributed by atoms with Gasteiger partial charge in [0, 0.05) is 45.9 Å². The predicted molar refractivity (Wildman–Crippen MR) is 128 cm³/mol. The van der Waals surface area contributed by atoms with Crippen molar-refractivity contribution < 1.29 is 31.7 Å². The molecule has 0 radical (unpaired) electrons. The average molecular weight is 460 g/mol. The molecule has 0 atom stereocenters. The van der Waals surface area contributed by atoms with E-state index in [1.807, 2.05) is 0 Å². The Hall–Kier alpha value is -3.76. The molecule has 0 bridgehead atoms. The van der Waals surface area contributed by atoms with Gasteiger partial charge in [-0.15, -0.1) is 0 Å². The van der Waals surface area contributed by atoms with Crippen molar-refractivity contribution in [2.45, 2.75) is 20.3 Å². The van der Waals surface area contributed by atoms with E-state index in [1.54, 1.807) is 6.07 Å². The third-order valence-corrected chi connectivity index (χ3v) is 4.18. The Labute approximate surface area is 211 Å². The van der Waals surface area contributed by atoms with Crippen molar-refractivity contribution >= 4 is 28.1 Å². The molecular weight excluding hydrogens is 419 g/mol. The summed E-state index contributed by atoms with van der Waals surface area (Å²) in [5, 5.41) is 12.0. The number of carbonyl (C=O) groups is 1. The summed E-state index contributed by atoms with van der Waals surface area (Å²) < 4.78 is 125. The number of nitriles is 1. The van der Waals surface area contributed by atoms with E-state index in [4.69, 9.17) is 22.6 Å². The molecule has 0 fully saturated rings. The summed E-state index contributed by atoms with van der Waals surface area (Å²) in [5.74, 6) is -2.94. The Morgan fingerprint density at radius 1 is 1.48 bits per heavy atom. The van der Waals surface area contributed by atoms with Crippen LogP contribution in [0.3, 0.4) is 0 Å². The molecule has 7 heteroatoms. The molecule has 1 N–H and O–H groups in total. The molecule has 33 heavy (non-hydrogen) atoms. The molecule has 0 saturated heterocycles. The summed E-state index contributed by atoms with van der Waals surface area (Å²) in [7, 11) is 1.15. The van der Waals surface area contributed by atoms with E-state index < -0.39 is 126 Å². The van der Waals surface area contributed by atoms with E-state index in [9.17, 15) is 14.4 Å². The Morgan fingerprint density at radius 3 is 3.03 bits per heavy atom. The van der Waals surface area contributed by atoms with E-state index in [-0.39, 0.29) is 5.56 Å². The molecule has 6 nitrogen and oxygen atoms in total. The zero-order valence-corrected chi connectivity index (χ0v) is 18.0. The molecule has 170 valence electrons. The molecule has 0 aliphatic heterocycles. The van der Waals surface area contributed by atoms with Crippen molar-refractivity contribution in [3.63, 3.8) is 0 Å². The molecule has 3 rings (SSSR count). The lowest BCUT2D eigenvalue weighted by molar-refractivity contribution is -0.114. The zero-order valence-electron chi connectivity index (χ0n) is 31.0. The standard InChI is InChI=1S/C26H27FN4O2/c1-5-33-25-14-24-22(13-18(25)12-21(32)7-6-10-31(3)4)26(19(15-28)16-29-24)30-20-8-9-23(27)17(2)11-20/h6-9,11,13-14,16H,5,10,12H2,1-4H3,(H,29,30)/b7-6+/i3D3,5D2,6D,7D,8D,9D,11D,13D,14D,16D. The van der Waals surface area contributed by atoms with Crippen LogP contribution >= 0.6 is 0 Å². The third kappa shape index (κ3) is 5.93. The van der Waals surface area contributed by atoms with Crippen LogP contribution in [0.4, 0.5) is 15.8 Å². The number of carbonyl (C=O) groups excluding carboxylic acids is 1. The highest BCUT2D eigenvalue weighted by Gasteiger charge is 2.16. The zero-order chi connectivity index (χ0) is 35.2. The molecule has 0 saturated carbocycles. The Kier molecular flexibility index (Phi) is 3.87. The van der Waals surface area contributed by atoms with E-state index in [0.717, 1.165) is 18.9 Å². The second-order valence-corrected chi connectivity index (χ2v) is 6.74. The van der Waals surface area contributed by atoms with Gasteiger partial charge < -0.3 is 15.0 Å². The SMILES string of the molecule is [2H]/C(CN(C)C([2H])([2H])[2H])=C(/[2H])C(=O)Cc1c(OC([2H])([2H])C)c([2H])c2nc([2H])c(C#N)c(Nc3c([2H])c([2H])c(F)c(C)c3[2H])c2c1[2H]. The number of hydrogen-bond acceptors (Lipinski definition) is 6. The molecule has 2 aromatic carbocycles. The number of likely N-dealkylation sites (N-methyl/N-ethyl adjacent to an activating group) is 1. The van der Waals surface area contributed by atoms with Crippen LogP contribution in [0.5, 0.6) is 5.75 Å². The number of ether oxygens (including phenoxy) is 1. The van der Waals surface area contributed by atoms with Crippen LogP contribution in [0.1, 0.15) is 41.4 Å². The summed E-state index contributed by atoms with van der Waals surface area (Å²) in [4.78, 5) is 17.9. The Morgan fingerprint density at radius 2 is 2.30 bits per heavy atom. The number of nitrogens with zero attached hydrogens (tertiary/aromatic N) is 3. The molecule has 0 unspecified atom stereocenters. The van der Waals surface area contributed by atoms with Crippen LogP contribution in [0.15, 0.2) is 48.5 Å². The first-order valence-corrected chi connectivity index (χ1v) is 9.52. The second kappa shape index (κ2) is 10.7. The highest BCUT2D eigenvalue weighted by atomic mass is 19.1. The third-order valence-electron chi connectivity index (χ3n) is 4.18. The topological polar surface area (TPSA) is 78.2 Å². The van der Waals surface area contributed by atoms with Crippen LogP contribution in [-0.2, 0) is 11.2 Å². The maximum atomic E-state index is 14.4. The fourth-order valence-corrected chi connectivity index (χ4v) is 2.72. The van der Waals surface area contributed by atoms with Gasteiger partial charge in [-0.2, -0.15) is 5.26 Å². The van der Waals surface area contributed by atoms with Crippen LogP contribution < -0.4 is 10.1 Å². The van der Waals surface area contributed by atoms with Gasteiger partial charge in [-0.05, 0) is 63.7 Å². The lowest BCUT2D eigenvalue weighted by Crippen LogP contribution is -2.11. The van der Waals surface area contributed by atoms with Crippen molar-refractivity contribution in [1.29, 1.82) is 5.26 Å². The quantitative estimate of drug-likeness (QED) is 0.457. The predicted octanol–water partition coefficient (Wildman–Crippen LogP) is 4.93. The fraction of sp³-hybridized carbons (Fsp3) is 0.269. The number of rotatable bonds is 9. The molecule has 0 aliphatic carbocycles. The van der Waals surface area contributed by atoms with Gasteiger partial charge >= 0.3 is 0 Å².